The second-order valence-electron chi connectivity index (χ2n) is 4.41. The quantitative estimate of drug-likeness (QED) is 0.877. The van der Waals surface area contributed by atoms with E-state index in [1.807, 2.05) is 25.1 Å². The zero-order chi connectivity index (χ0) is 14.4. The summed E-state index contributed by atoms with van der Waals surface area (Å²) in [5.74, 6) is 1.28. The largest absolute Gasteiger partial charge is 0.493 e. The van der Waals surface area contributed by atoms with E-state index in [2.05, 4.69) is 22.2 Å². The second-order valence-corrected chi connectivity index (χ2v) is 4.41. The van der Waals surface area contributed by atoms with Crippen molar-refractivity contribution in [1.29, 1.82) is 0 Å². The van der Waals surface area contributed by atoms with Gasteiger partial charge in [0.2, 0.25) is 0 Å². The van der Waals surface area contributed by atoms with Crippen molar-refractivity contribution in [3.8, 4) is 17.5 Å². The zero-order valence-electron chi connectivity index (χ0n) is 12.0. The van der Waals surface area contributed by atoms with Gasteiger partial charge in [0, 0.05) is 24.5 Å². The molecule has 5 nitrogen and oxygen atoms in total. The van der Waals surface area contributed by atoms with Gasteiger partial charge in [0.1, 0.15) is 0 Å². The molecule has 0 aliphatic carbocycles. The third kappa shape index (κ3) is 3.68. The molecule has 0 bridgehead atoms. The van der Waals surface area contributed by atoms with E-state index < -0.39 is 0 Å². The number of methoxy groups -OCH3 is 1. The van der Waals surface area contributed by atoms with E-state index in [-0.39, 0.29) is 0 Å². The van der Waals surface area contributed by atoms with Crippen molar-refractivity contribution in [1.82, 2.24) is 15.3 Å². The molecule has 2 aromatic rings. The highest BCUT2D eigenvalue weighted by molar-refractivity contribution is 5.43. The Hall–Kier alpha value is -2.14. The Bertz CT molecular complexity index is 556. The number of nitrogens with zero attached hydrogens (tertiary/aromatic N) is 2. The SMILES string of the molecule is CCNCc1cnc(Oc2ccc(C)cc2OC)nc1. The van der Waals surface area contributed by atoms with Crippen LogP contribution in [-0.4, -0.2) is 23.6 Å². The molecule has 0 saturated carbocycles. The van der Waals surface area contributed by atoms with Crippen LogP contribution >= 0.6 is 0 Å². The molecule has 106 valence electrons. The highest BCUT2D eigenvalue weighted by Gasteiger charge is 2.07. The molecule has 2 rings (SSSR count). The third-order valence-corrected chi connectivity index (χ3v) is 2.78. The maximum absolute atomic E-state index is 5.65. The molecule has 5 heteroatoms. The number of aromatic nitrogens is 2. The fourth-order valence-electron chi connectivity index (χ4n) is 1.71. The Labute approximate surface area is 119 Å². The predicted octanol–water partition coefficient (Wildman–Crippen LogP) is 2.70. The van der Waals surface area contributed by atoms with E-state index in [0.29, 0.717) is 17.5 Å². The molecule has 1 aromatic heterocycles. The normalized spacial score (nSPS) is 10.3. The Morgan fingerprint density at radius 1 is 1.15 bits per heavy atom. The van der Waals surface area contributed by atoms with Crippen LogP contribution in [0.4, 0.5) is 0 Å². The van der Waals surface area contributed by atoms with Gasteiger partial charge in [-0.15, -0.1) is 0 Å². The lowest BCUT2D eigenvalue weighted by Crippen LogP contribution is -2.12. The molecule has 0 atom stereocenters. The average molecular weight is 273 g/mol. The highest BCUT2D eigenvalue weighted by atomic mass is 16.5. The van der Waals surface area contributed by atoms with Crippen LogP contribution in [0, 0.1) is 6.92 Å². The minimum absolute atomic E-state index is 0.312. The van der Waals surface area contributed by atoms with E-state index in [4.69, 9.17) is 9.47 Å². The lowest BCUT2D eigenvalue weighted by molar-refractivity contribution is 0.367. The number of nitrogens with one attached hydrogen (secondary N) is 1. The fourth-order valence-corrected chi connectivity index (χ4v) is 1.71. The first-order valence-corrected chi connectivity index (χ1v) is 6.57. The third-order valence-electron chi connectivity index (χ3n) is 2.78. The van der Waals surface area contributed by atoms with Gasteiger partial charge in [0.15, 0.2) is 11.5 Å². The minimum atomic E-state index is 0.312. The highest BCUT2D eigenvalue weighted by Crippen LogP contribution is 2.30. The molecule has 0 aliphatic rings. The molecular formula is C15H19N3O2. The van der Waals surface area contributed by atoms with E-state index >= 15 is 0 Å². The number of hydrogen-bond donors (Lipinski definition) is 1. The number of benzene rings is 1. The Morgan fingerprint density at radius 3 is 2.55 bits per heavy atom. The van der Waals surface area contributed by atoms with Crippen molar-refractivity contribution < 1.29 is 9.47 Å². The monoisotopic (exact) mass is 273 g/mol. The van der Waals surface area contributed by atoms with Crippen LogP contribution in [0.25, 0.3) is 0 Å². The van der Waals surface area contributed by atoms with Gasteiger partial charge < -0.3 is 14.8 Å². The summed E-state index contributed by atoms with van der Waals surface area (Å²) in [6, 6.07) is 6.03. The smallest absolute Gasteiger partial charge is 0.322 e. The fraction of sp³-hybridized carbons (Fsp3) is 0.333. The van der Waals surface area contributed by atoms with Crippen LogP contribution in [0.5, 0.6) is 17.5 Å². The molecule has 1 aromatic carbocycles. The van der Waals surface area contributed by atoms with Gasteiger partial charge in [0.25, 0.3) is 0 Å². The standard InChI is InChI=1S/C15H19N3O2/c1-4-16-8-12-9-17-15(18-10-12)20-13-6-5-11(2)7-14(13)19-3/h5-7,9-10,16H,4,8H2,1-3H3. The van der Waals surface area contributed by atoms with Crippen LogP contribution in [0.15, 0.2) is 30.6 Å². The molecule has 0 unspecified atom stereocenters. The number of rotatable bonds is 6. The van der Waals surface area contributed by atoms with Crippen LogP contribution < -0.4 is 14.8 Å². The average Bonchev–Trinajstić information content (AvgIpc) is 2.48. The molecule has 0 radical (unpaired) electrons. The summed E-state index contributed by atoms with van der Waals surface area (Å²) in [7, 11) is 1.61. The van der Waals surface area contributed by atoms with Gasteiger partial charge in [-0.2, -0.15) is 0 Å². The molecule has 0 saturated heterocycles. The van der Waals surface area contributed by atoms with Crippen LogP contribution in [-0.2, 0) is 6.54 Å². The summed E-state index contributed by atoms with van der Waals surface area (Å²) in [5.41, 5.74) is 2.13. The van der Waals surface area contributed by atoms with Crippen LogP contribution in [0.2, 0.25) is 0 Å². The van der Waals surface area contributed by atoms with Crippen molar-refractivity contribution in [3.05, 3.63) is 41.7 Å². The van der Waals surface area contributed by atoms with Crippen molar-refractivity contribution in [3.63, 3.8) is 0 Å². The maximum Gasteiger partial charge on any atom is 0.322 e. The summed E-state index contributed by atoms with van der Waals surface area (Å²) in [5, 5.41) is 3.22. The van der Waals surface area contributed by atoms with Gasteiger partial charge in [0.05, 0.1) is 7.11 Å². The lowest BCUT2D eigenvalue weighted by atomic mass is 10.2. The molecule has 0 amide bonds. The summed E-state index contributed by atoms with van der Waals surface area (Å²) in [6.45, 7) is 5.73. The first kappa shape index (κ1) is 14.3. The van der Waals surface area contributed by atoms with E-state index in [9.17, 15) is 0 Å². The molecule has 0 fully saturated rings. The van der Waals surface area contributed by atoms with Gasteiger partial charge in [-0.3, -0.25) is 0 Å². The molecule has 0 spiro atoms. The van der Waals surface area contributed by atoms with E-state index in [1.165, 1.54) is 0 Å². The topological polar surface area (TPSA) is 56.3 Å². The first-order chi connectivity index (χ1) is 9.72. The number of hydrogen-bond acceptors (Lipinski definition) is 5. The van der Waals surface area contributed by atoms with Crippen LogP contribution in [0.3, 0.4) is 0 Å². The number of aryl methyl sites for hydroxylation is 1. The Kier molecular flexibility index (Phi) is 4.90. The second kappa shape index (κ2) is 6.86. The summed E-state index contributed by atoms with van der Waals surface area (Å²) < 4.78 is 10.9. The first-order valence-electron chi connectivity index (χ1n) is 6.57. The van der Waals surface area contributed by atoms with Crippen molar-refractivity contribution in [2.75, 3.05) is 13.7 Å². The molecule has 1 N–H and O–H groups in total. The molecular weight excluding hydrogens is 254 g/mol. The van der Waals surface area contributed by atoms with E-state index in [1.54, 1.807) is 19.5 Å². The van der Waals surface area contributed by atoms with Gasteiger partial charge in [-0.1, -0.05) is 13.0 Å². The molecule has 20 heavy (non-hydrogen) atoms. The van der Waals surface area contributed by atoms with Gasteiger partial charge >= 0.3 is 6.01 Å². The van der Waals surface area contributed by atoms with Crippen molar-refractivity contribution in [2.45, 2.75) is 20.4 Å². The van der Waals surface area contributed by atoms with Crippen molar-refractivity contribution >= 4 is 0 Å². The minimum Gasteiger partial charge on any atom is -0.493 e. The van der Waals surface area contributed by atoms with Gasteiger partial charge in [-0.25, -0.2) is 9.97 Å². The Morgan fingerprint density at radius 2 is 1.90 bits per heavy atom. The maximum atomic E-state index is 5.65. The zero-order valence-corrected chi connectivity index (χ0v) is 12.0. The predicted molar refractivity (Wildman–Crippen MR) is 77.2 cm³/mol. The lowest BCUT2D eigenvalue weighted by Gasteiger charge is -2.09. The summed E-state index contributed by atoms with van der Waals surface area (Å²) in [4.78, 5) is 8.39. The number of ether oxygens (including phenoxy) is 2. The van der Waals surface area contributed by atoms with Gasteiger partial charge in [-0.05, 0) is 31.2 Å². The van der Waals surface area contributed by atoms with Crippen LogP contribution in [0.1, 0.15) is 18.1 Å². The van der Waals surface area contributed by atoms with Crippen molar-refractivity contribution in [2.24, 2.45) is 0 Å². The summed E-state index contributed by atoms with van der Waals surface area (Å²) in [6.07, 6.45) is 3.51. The molecule has 0 aliphatic heterocycles. The summed E-state index contributed by atoms with van der Waals surface area (Å²) >= 11 is 0. The Balaban J connectivity index is 2.10. The van der Waals surface area contributed by atoms with E-state index in [0.717, 1.165) is 24.2 Å². The molecule has 1 heterocycles.